The van der Waals surface area contributed by atoms with Crippen molar-refractivity contribution in [3.63, 3.8) is 0 Å². The first-order valence-electron chi connectivity index (χ1n) is 6.64. The molecule has 2 aromatic carbocycles. The van der Waals surface area contributed by atoms with Crippen molar-refractivity contribution in [1.29, 1.82) is 0 Å². The fraction of sp³-hybridized carbons (Fsp3) is 0.250. The Bertz CT molecular complexity index is 570. The van der Waals surface area contributed by atoms with E-state index in [1.807, 2.05) is 0 Å². The van der Waals surface area contributed by atoms with Gasteiger partial charge < -0.3 is 10.2 Å². The lowest BCUT2D eigenvalue weighted by Gasteiger charge is -2.22. The number of benzene rings is 2. The van der Waals surface area contributed by atoms with Gasteiger partial charge in [0, 0.05) is 32.8 Å². The molecule has 0 aromatic heterocycles. The standard InChI is InChI=1S/C16H16O2S2/c17-9-7-11-3-1-5-13-15(11)20-14-6-2-4-12(8-10-18)16(14)19-13/h1-6,17-18H,7-10H2. The highest BCUT2D eigenvalue weighted by Crippen LogP contribution is 2.50. The first-order chi connectivity index (χ1) is 9.83. The molecule has 1 heterocycles. The van der Waals surface area contributed by atoms with Crippen LogP contribution in [0.5, 0.6) is 0 Å². The second kappa shape index (κ2) is 6.22. The summed E-state index contributed by atoms with van der Waals surface area (Å²) < 4.78 is 0. The van der Waals surface area contributed by atoms with Gasteiger partial charge in [0.05, 0.1) is 0 Å². The molecular formula is C16H16O2S2. The van der Waals surface area contributed by atoms with Gasteiger partial charge in [0.2, 0.25) is 0 Å². The number of aliphatic hydroxyl groups excluding tert-OH is 2. The van der Waals surface area contributed by atoms with Crippen LogP contribution in [0.2, 0.25) is 0 Å². The van der Waals surface area contributed by atoms with Gasteiger partial charge in [-0.25, -0.2) is 0 Å². The third-order valence-corrected chi connectivity index (χ3v) is 6.06. The molecule has 0 amide bonds. The Morgan fingerprint density at radius 2 is 1.15 bits per heavy atom. The summed E-state index contributed by atoms with van der Waals surface area (Å²) in [6.45, 7) is 0.359. The predicted octanol–water partition coefficient (Wildman–Crippen LogP) is 3.37. The number of rotatable bonds is 4. The minimum absolute atomic E-state index is 0.180. The van der Waals surface area contributed by atoms with Gasteiger partial charge in [-0.2, -0.15) is 0 Å². The van der Waals surface area contributed by atoms with E-state index in [9.17, 15) is 10.2 Å². The van der Waals surface area contributed by atoms with Gasteiger partial charge in [0.1, 0.15) is 0 Å². The molecule has 0 spiro atoms. The summed E-state index contributed by atoms with van der Waals surface area (Å²) in [5, 5.41) is 18.4. The third kappa shape index (κ3) is 2.61. The van der Waals surface area contributed by atoms with Crippen molar-refractivity contribution in [3.05, 3.63) is 47.5 Å². The highest BCUT2D eigenvalue weighted by molar-refractivity contribution is 8.05. The minimum Gasteiger partial charge on any atom is -0.396 e. The summed E-state index contributed by atoms with van der Waals surface area (Å²) in [4.78, 5) is 5.03. The molecule has 0 aliphatic carbocycles. The monoisotopic (exact) mass is 304 g/mol. The van der Waals surface area contributed by atoms with Crippen molar-refractivity contribution in [2.75, 3.05) is 13.2 Å². The van der Waals surface area contributed by atoms with Crippen LogP contribution >= 0.6 is 23.5 Å². The third-order valence-electron chi connectivity index (χ3n) is 3.31. The Kier molecular flexibility index (Phi) is 4.36. The zero-order valence-electron chi connectivity index (χ0n) is 11.0. The molecule has 2 N–H and O–H groups in total. The number of fused-ring (bicyclic) bond motifs is 2. The van der Waals surface area contributed by atoms with E-state index >= 15 is 0 Å². The van der Waals surface area contributed by atoms with Gasteiger partial charge >= 0.3 is 0 Å². The Morgan fingerprint density at radius 1 is 0.700 bits per heavy atom. The molecule has 104 valence electrons. The van der Waals surface area contributed by atoms with E-state index in [-0.39, 0.29) is 13.2 Å². The van der Waals surface area contributed by atoms with E-state index in [4.69, 9.17) is 0 Å². The van der Waals surface area contributed by atoms with Crippen LogP contribution in [0.3, 0.4) is 0 Å². The van der Waals surface area contributed by atoms with Crippen LogP contribution in [-0.4, -0.2) is 23.4 Å². The SMILES string of the molecule is OCCc1cccc2c1Sc1cccc(CCO)c1S2. The number of hydrogen-bond donors (Lipinski definition) is 2. The van der Waals surface area contributed by atoms with Crippen LogP contribution in [0.25, 0.3) is 0 Å². The van der Waals surface area contributed by atoms with Gasteiger partial charge in [-0.05, 0) is 36.1 Å². The van der Waals surface area contributed by atoms with Gasteiger partial charge in [-0.15, -0.1) is 0 Å². The smallest absolute Gasteiger partial charge is 0.0471 e. The van der Waals surface area contributed by atoms with E-state index in [0.717, 1.165) is 0 Å². The van der Waals surface area contributed by atoms with Crippen LogP contribution < -0.4 is 0 Å². The molecular weight excluding hydrogens is 288 g/mol. The van der Waals surface area contributed by atoms with Crippen molar-refractivity contribution in [2.24, 2.45) is 0 Å². The highest BCUT2D eigenvalue weighted by Gasteiger charge is 2.21. The molecule has 0 radical (unpaired) electrons. The topological polar surface area (TPSA) is 40.5 Å². The largest absolute Gasteiger partial charge is 0.396 e. The second-order valence-corrected chi connectivity index (χ2v) is 6.74. The summed E-state index contributed by atoms with van der Waals surface area (Å²) in [5.74, 6) is 0. The first kappa shape index (κ1) is 14.0. The average Bonchev–Trinajstić information content (AvgIpc) is 2.47. The fourth-order valence-corrected chi connectivity index (χ4v) is 4.99. The molecule has 1 aliphatic rings. The first-order valence-corrected chi connectivity index (χ1v) is 8.28. The molecule has 0 unspecified atom stereocenters. The maximum Gasteiger partial charge on any atom is 0.0471 e. The quantitative estimate of drug-likeness (QED) is 0.775. The summed E-state index contributed by atoms with van der Waals surface area (Å²) in [6, 6.07) is 12.5. The van der Waals surface area contributed by atoms with E-state index in [2.05, 4.69) is 36.4 Å². The van der Waals surface area contributed by atoms with Crippen LogP contribution in [-0.2, 0) is 12.8 Å². The van der Waals surface area contributed by atoms with Gasteiger partial charge in [-0.1, -0.05) is 47.8 Å². The molecule has 0 saturated carbocycles. The number of hydrogen-bond acceptors (Lipinski definition) is 4. The van der Waals surface area contributed by atoms with Crippen molar-refractivity contribution < 1.29 is 10.2 Å². The average molecular weight is 304 g/mol. The van der Waals surface area contributed by atoms with E-state index < -0.39 is 0 Å². The predicted molar refractivity (Wildman–Crippen MR) is 82.7 cm³/mol. The lowest BCUT2D eigenvalue weighted by Crippen LogP contribution is -2.01. The van der Waals surface area contributed by atoms with Gasteiger partial charge in [0.15, 0.2) is 0 Å². The minimum atomic E-state index is 0.180. The molecule has 1 aliphatic heterocycles. The van der Waals surface area contributed by atoms with Gasteiger partial charge in [0.25, 0.3) is 0 Å². The molecule has 2 aromatic rings. The normalized spacial score (nSPS) is 12.9. The zero-order chi connectivity index (χ0) is 13.9. The Balaban J connectivity index is 2.02. The fourth-order valence-electron chi connectivity index (χ4n) is 2.37. The molecule has 3 rings (SSSR count). The van der Waals surface area contributed by atoms with Crippen LogP contribution in [0, 0.1) is 0 Å². The van der Waals surface area contributed by atoms with Crippen molar-refractivity contribution in [1.82, 2.24) is 0 Å². The van der Waals surface area contributed by atoms with Crippen LogP contribution in [0.4, 0.5) is 0 Å². The number of aliphatic hydroxyl groups is 2. The lowest BCUT2D eigenvalue weighted by atomic mass is 10.1. The Morgan fingerprint density at radius 3 is 1.55 bits per heavy atom. The molecule has 4 heteroatoms. The summed E-state index contributed by atoms with van der Waals surface area (Å²) in [7, 11) is 0. The molecule has 0 atom stereocenters. The van der Waals surface area contributed by atoms with Gasteiger partial charge in [-0.3, -0.25) is 0 Å². The molecule has 0 saturated heterocycles. The molecule has 2 nitrogen and oxygen atoms in total. The van der Waals surface area contributed by atoms with Crippen molar-refractivity contribution in [2.45, 2.75) is 32.4 Å². The Hall–Kier alpha value is -0.940. The van der Waals surface area contributed by atoms with E-state index in [0.29, 0.717) is 12.8 Å². The van der Waals surface area contributed by atoms with Crippen molar-refractivity contribution >= 4 is 23.5 Å². The second-order valence-electron chi connectivity index (χ2n) is 4.64. The van der Waals surface area contributed by atoms with Crippen LogP contribution in [0.15, 0.2) is 56.0 Å². The summed E-state index contributed by atoms with van der Waals surface area (Å²) in [6.07, 6.45) is 1.39. The zero-order valence-corrected chi connectivity index (χ0v) is 12.6. The maximum absolute atomic E-state index is 9.19. The van der Waals surface area contributed by atoms with E-state index in [1.165, 1.54) is 30.7 Å². The maximum atomic E-state index is 9.19. The highest BCUT2D eigenvalue weighted by atomic mass is 32.2. The lowest BCUT2D eigenvalue weighted by molar-refractivity contribution is 0.298. The molecule has 0 fully saturated rings. The van der Waals surface area contributed by atoms with E-state index in [1.54, 1.807) is 23.5 Å². The van der Waals surface area contributed by atoms with Crippen LogP contribution in [0.1, 0.15) is 11.1 Å². The summed E-state index contributed by atoms with van der Waals surface area (Å²) >= 11 is 3.55. The van der Waals surface area contributed by atoms with Crippen molar-refractivity contribution in [3.8, 4) is 0 Å². The molecule has 0 bridgehead atoms. The molecule has 20 heavy (non-hydrogen) atoms. The summed E-state index contributed by atoms with van der Waals surface area (Å²) in [5.41, 5.74) is 2.42. The Labute approximate surface area is 127 Å².